The van der Waals surface area contributed by atoms with E-state index >= 15 is 0 Å². The quantitative estimate of drug-likeness (QED) is 0.779. The maximum atomic E-state index is 10.5. The van der Waals surface area contributed by atoms with Gasteiger partial charge >= 0.3 is 0 Å². The standard InChI is InChI=1S/C15H29NOS/c1-3-18-14-8-9-15(14,17)11-16-10-13-6-4-12(2)5-7-13/h12-14,16-17H,3-11H2,1-2H3/t12?,13?,14-,15-/m0/s1. The van der Waals surface area contributed by atoms with E-state index in [4.69, 9.17) is 0 Å². The van der Waals surface area contributed by atoms with Gasteiger partial charge in [-0.1, -0.05) is 26.7 Å². The molecular formula is C15H29NOS. The van der Waals surface area contributed by atoms with Crippen molar-refractivity contribution in [2.24, 2.45) is 11.8 Å². The smallest absolute Gasteiger partial charge is 0.0889 e. The van der Waals surface area contributed by atoms with Gasteiger partial charge in [0.25, 0.3) is 0 Å². The van der Waals surface area contributed by atoms with Crippen LogP contribution < -0.4 is 5.32 Å². The second kappa shape index (κ2) is 6.62. The maximum absolute atomic E-state index is 10.5. The molecule has 3 heteroatoms. The lowest BCUT2D eigenvalue weighted by Crippen LogP contribution is -2.56. The first kappa shape index (κ1) is 14.7. The highest BCUT2D eigenvalue weighted by atomic mass is 32.2. The number of hydrogen-bond donors (Lipinski definition) is 2. The highest BCUT2D eigenvalue weighted by molar-refractivity contribution is 8.00. The number of hydrogen-bond acceptors (Lipinski definition) is 3. The van der Waals surface area contributed by atoms with Crippen LogP contribution in [0.3, 0.4) is 0 Å². The Morgan fingerprint density at radius 1 is 1.22 bits per heavy atom. The van der Waals surface area contributed by atoms with Crippen molar-refractivity contribution in [1.82, 2.24) is 5.32 Å². The van der Waals surface area contributed by atoms with Gasteiger partial charge in [0.05, 0.1) is 5.60 Å². The predicted octanol–water partition coefficient (Wildman–Crippen LogP) is 3.05. The fourth-order valence-corrected chi connectivity index (χ4v) is 4.46. The van der Waals surface area contributed by atoms with Crippen molar-refractivity contribution in [2.75, 3.05) is 18.8 Å². The lowest BCUT2D eigenvalue weighted by atomic mass is 9.79. The molecule has 0 saturated heterocycles. The minimum Gasteiger partial charge on any atom is -0.387 e. The van der Waals surface area contributed by atoms with Gasteiger partial charge in [-0.3, -0.25) is 0 Å². The first-order valence-electron chi connectivity index (χ1n) is 7.68. The molecule has 2 fully saturated rings. The molecule has 0 aromatic heterocycles. The largest absolute Gasteiger partial charge is 0.387 e. The first-order chi connectivity index (χ1) is 8.64. The zero-order valence-electron chi connectivity index (χ0n) is 12.0. The monoisotopic (exact) mass is 271 g/mol. The van der Waals surface area contributed by atoms with E-state index in [1.807, 2.05) is 11.8 Å². The van der Waals surface area contributed by atoms with Crippen LogP contribution in [0.1, 0.15) is 52.4 Å². The molecule has 2 aliphatic rings. The van der Waals surface area contributed by atoms with Crippen LogP contribution >= 0.6 is 11.8 Å². The SMILES string of the molecule is CCS[C@H]1CC[C@]1(O)CNCC1CCC(C)CC1. The topological polar surface area (TPSA) is 32.3 Å². The fourth-order valence-electron chi connectivity index (χ4n) is 3.26. The molecule has 0 heterocycles. The number of aliphatic hydroxyl groups is 1. The Balaban J connectivity index is 1.63. The molecule has 0 unspecified atom stereocenters. The summed E-state index contributed by atoms with van der Waals surface area (Å²) in [6, 6.07) is 0. The average molecular weight is 271 g/mol. The highest BCUT2D eigenvalue weighted by Gasteiger charge is 2.44. The van der Waals surface area contributed by atoms with Crippen LogP contribution in [0, 0.1) is 11.8 Å². The van der Waals surface area contributed by atoms with Gasteiger partial charge in [-0.2, -0.15) is 11.8 Å². The number of nitrogens with one attached hydrogen (secondary N) is 1. The Morgan fingerprint density at radius 2 is 1.94 bits per heavy atom. The summed E-state index contributed by atoms with van der Waals surface area (Å²) in [7, 11) is 0. The Labute approximate surface area is 116 Å². The minimum absolute atomic E-state index is 0.414. The Hall–Kier alpha value is 0.270. The highest BCUT2D eigenvalue weighted by Crippen LogP contribution is 2.40. The van der Waals surface area contributed by atoms with Crippen molar-refractivity contribution in [3.63, 3.8) is 0 Å². The van der Waals surface area contributed by atoms with E-state index in [1.165, 1.54) is 32.1 Å². The van der Waals surface area contributed by atoms with Crippen LogP contribution in [-0.4, -0.2) is 34.8 Å². The molecule has 2 N–H and O–H groups in total. The van der Waals surface area contributed by atoms with Crippen LogP contribution in [-0.2, 0) is 0 Å². The fraction of sp³-hybridized carbons (Fsp3) is 1.00. The third kappa shape index (κ3) is 3.64. The molecule has 2 nitrogen and oxygen atoms in total. The van der Waals surface area contributed by atoms with Crippen molar-refractivity contribution < 1.29 is 5.11 Å². The molecule has 2 rings (SSSR count). The Bertz CT molecular complexity index is 253. The van der Waals surface area contributed by atoms with Gasteiger partial charge in [0.1, 0.15) is 0 Å². The average Bonchev–Trinajstić information content (AvgIpc) is 2.37. The zero-order chi connectivity index (χ0) is 13.0. The van der Waals surface area contributed by atoms with Gasteiger partial charge in [-0.25, -0.2) is 0 Å². The third-order valence-corrected chi connectivity index (χ3v) is 6.22. The lowest BCUT2D eigenvalue weighted by Gasteiger charge is -2.45. The van der Waals surface area contributed by atoms with Crippen LogP contribution in [0.2, 0.25) is 0 Å². The maximum Gasteiger partial charge on any atom is 0.0889 e. The molecule has 0 amide bonds. The Kier molecular flexibility index (Phi) is 5.40. The van der Waals surface area contributed by atoms with Crippen LogP contribution in [0.15, 0.2) is 0 Å². The first-order valence-corrected chi connectivity index (χ1v) is 8.73. The molecule has 0 spiro atoms. The van der Waals surface area contributed by atoms with Crippen molar-refractivity contribution >= 4 is 11.8 Å². The van der Waals surface area contributed by atoms with E-state index in [0.717, 1.165) is 37.1 Å². The molecular weight excluding hydrogens is 242 g/mol. The molecule has 106 valence electrons. The molecule has 2 saturated carbocycles. The molecule has 0 aromatic carbocycles. The minimum atomic E-state index is -0.414. The van der Waals surface area contributed by atoms with E-state index in [0.29, 0.717) is 5.25 Å². The van der Waals surface area contributed by atoms with Crippen molar-refractivity contribution in [2.45, 2.75) is 63.2 Å². The van der Waals surface area contributed by atoms with Gasteiger partial charge in [0.2, 0.25) is 0 Å². The molecule has 0 bridgehead atoms. The zero-order valence-corrected chi connectivity index (χ0v) is 12.8. The van der Waals surface area contributed by atoms with Gasteiger partial charge < -0.3 is 10.4 Å². The van der Waals surface area contributed by atoms with Crippen molar-refractivity contribution in [3.05, 3.63) is 0 Å². The summed E-state index contributed by atoms with van der Waals surface area (Å²) < 4.78 is 0. The molecule has 2 atom stereocenters. The summed E-state index contributed by atoms with van der Waals surface area (Å²) in [6.45, 7) is 6.46. The molecule has 18 heavy (non-hydrogen) atoms. The summed E-state index contributed by atoms with van der Waals surface area (Å²) >= 11 is 1.92. The van der Waals surface area contributed by atoms with Gasteiger partial charge in [0, 0.05) is 11.8 Å². The van der Waals surface area contributed by atoms with Crippen molar-refractivity contribution in [1.29, 1.82) is 0 Å². The number of rotatable bonds is 6. The predicted molar refractivity (Wildman–Crippen MR) is 80.1 cm³/mol. The van der Waals surface area contributed by atoms with Crippen molar-refractivity contribution in [3.8, 4) is 0 Å². The van der Waals surface area contributed by atoms with Crippen LogP contribution in [0.4, 0.5) is 0 Å². The van der Waals surface area contributed by atoms with E-state index in [2.05, 4.69) is 19.2 Å². The summed E-state index contributed by atoms with van der Waals surface area (Å²) in [5.74, 6) is 2.90. The normalized spacial score (nSPS) is 40.5. The van der Waals surface area contributed by atoms with Gasteiger partial charge in [-0.15, -0.1) is 0 Å². The molecule has 2 aliphatic carbocycles. The summed E-state index contributed by atoms with van der Waals surface area (Å²) in [4.78, 5) is 0. The van der Waals surface area contributed by atoms with Crippen LogP contribution in [0.25, 0.3) is 0 Å². The van der Waals surface area contributed by atoms with Gasteiger partial charge in [0.15, 0.2) is 0 Å². The summed E-state index contributed by atoms with van der Waals surface area (Å²) in [6.07, 6.45) is 7.71. The van der Waals surface area contributed by atoms with E-state index < -0.39 is 5.60 Å². The Morgan fingerprint density at radius 3 is 2.50 bits per heavy atom. The summed E-state index contributed by atoms with van der Waals surface area (Å²) in [5, 5.41) is 14.5. The number of thioether (sulfide) groups is 1. The second-order valence-electron chi connectivity index (χ2n) is 6.34. The van der Waals surface area contributed by atoms with Crippen LogP contribution in [0.5, 0.6) is 0 Å². The molecule has 0 aromatic rings. The van der Waals surface area contributed by atoms with E-state index in [9.17, 15) is 5.11 Å². The summed E-state index contributed by atoms with van der Waals surface area (Å²) in [5.41, 5.74) is -0.414. The van der Waals surface area contributed by atoms with E-state index in [1.54, 1.807) is 0 Å². The third-order valence-electron chi connectivity index (χ3n) is 4.81. The molecule has 0 aliphatic heterocycles. The molecule has 0 radical (unpaired) electrons. The van der Waals surface area contributed by atoms with E-state index in [-0.39, 0.29) is 0 Å². The lowest BCUT2D eigenvalue weighted by molar-refractivity contribution is -0.0240. The second-order valence-corrected chi connectivity index (χ2v) is 7.82. The van der Waals surface area contributed by atoms with Gasteiger partial charge in [-0.05, 0) is 49.8 Å².